The van der Waals surface area contributed by atoms with E-state index in [0.717, 1.165) is 11.3 Å². The molecule has 0 radical (unpaired) electrons. The number of nitrogens with one attached hydrogen (secondary N) is 2. The first kappa shape index (κ1) is 19.4. The summed E-state index contributed by atoms with van der Waals surface area (Å²) in [5.74, 6) is 0.854. The summed E-state index contributed by atoms with van der Waals surface area (Å²) in [5.41, 5.74) is 2.06. The maximum atomic E-state index is 13.7. The van der Waals surface area contributed by atoms with Crippen molar-refractivity contribution in [1.82, 2.24) is 10.3 Å². The second kappa shape index (κ2) is 9.50. The Kier molecular flexibility index (Phi) is 6.57. The predicted molar refractivity (Wildman–Crippen MR) is 107 cm³/mol. The first-order chi connectivity index (χ1) is 13.7. The zero-order chi connectivity index (χ0) is 19.8. The Morgan fingerprint density at radius 1 is 1.07 bits per heavy atom. The molecule has 0 saturated carbocycles. The Balaban J connectivity index is 1.55. The van der Waals surface area contributed by atoms with E-state index in [4.69, 9.17) is 4.74 Å². The molecule has 2 aromatic carbocycles. The maximum absolute atomic E-state index is 13.7. The minimum Gasteiger partial charge on any atom is -0.496 e. The molecule has 0 unspecified atom stereocenters. The van der Waals surface area contributed by atoms with Crippen LogP contribution in [0.5, 0.6) is 5.75 Å². The normalized spacial score (nSPS) is 10.4. The summed E-state index contributed by atoms with van der Waals surface area (Å²) < 4.78 is 19.0. The number of hydrogen-bond donors (Lipinski definition) is 2. The van der Waals surface area contributed by atoms with E-state index in [-0.39, 0.29) is 11.7 Å². The number of carbonyl (C=O) groups excluding carboxylic acids is 1. The van der Waals surface area contributed by atoms with Crippen LogP contribution < -0.4 is 15.4 Å². The number of pyridine rings is 1. The Bertz CT molecular complexity index is 946. The Morgan fingerprint density at radius 3 is 2.61 bits per heavy atom. The van der Waals surface area contributed by atoms with E-state index in [1.54, 1.807) is 43.6 Å². The van der Waals surface area contributed by atoms with Crippen molar-refractivity contribution in [3.05, 3.63) is 89.4 Å². The molecule has 0 atom stereocenters. The van der Waals surface area contributed by atoms with E-state index in [0.29, 0.717) is 36.5 Å². The van der Waals surface area contributed by atoms with Crippen molar-refractivity contribution < 1.29 is 13.9 Å². The number of nitrogens with zero attached hydrogens (tertiary/aromatic N) is 1. The molecule has 3 rings (SSSR count). The van der Waals surface area contributed by atoms with Crippen LogP contribution in [0.2, 0.25) is 0 Å². The molecule has 1 aromatic heterocycles. The van der Waals surface area contributed by atoms with Gasteiger partial charge in [-0.1, -0.05) is 36.4 Å². The highest BCUT2D eigenvalue weighted by Gasteiger charge is 2.08. The maximum Gasteiger partial charge on any atom is 0.251 e. The standard InChI is InChI=1S/C22H22FN3O2/c1-28-20-9-5-3-6-16(20)10-13-25-22(27)17-11-12-24-21(14-17)26-15-18-7-2-4-8-19(18)23/h2-9,11-12,14H,10,13,15H2,1H3,(H,24,26)(H,25,27). The lowest BCUT2D eigenvalue weighted by molar-refractivity contribution is 0.0954. The van der Waals surface area contributed by atoms with Gasteiger partial charge in [-0.15, -0.1) is 0 Å². The van der Waals surface area contributed by atoms with Crippen LogP contribution >= 0.6 is 0 Å². The molecule has 1 amide bonds. The van der Waals surface area contributed by atoms with Crippen molar-refractivity contribution in [2.75, 3.05) is 19.0 Å². The summed E-state index contributed by atoms with van der Waals surface area (Å²) in [5, 5.41) is 5.95. The van der Waals surface area contributed by atoms with Crippen molar-refractivity contribution in [3.63, 3.8) is 0 Å². The quantitative estimate of drug-likeness (QED) is 0.625. The second-order valence-electron chi connectivity index (χ2n) is 6.19. The van der Waals surface area contributed by atoms with Gasteiger partial charge in [-0.05, 0) is 36.2 Å². The number of hydrogen-bond acceptors (Lipinski definition) is 4. The van der Waals surface area contributed by atoms with Gasteiger partial charge >= 0.3 is 0 Å². The fraction of sp³-hybridized carbons (Fsp3) is 0.182. The van der Waals surface area contributed by atoms with Crippen molar-refractivity contribution in [2.24, 2.45) is 0 Å². The summed E-state index contributed by atoms with van der Waals surface area (Å²) >= 11 is 0. The number of rotatable bonds is 8. The average Bonchev–Trinajstić information content (AvgIpc) is 2.73. The molecule has 0 saturated heterocycles. The summed E-state index contributed by atoms with van der Waals surface area (Å²) in [6, 6.07) is 17.6. The van der Waals surface area contributed by atoms with Gasteiger partial charge in [0.15, 0.2) is 0 Å². The topological polar surface area (TPSA) is 63.2 Å². The smallest absolute Gasteiger partial charge is 0.251 e. The molecular weight excluding hydrogens is 357 g/mol. The molecule has 0 aliphatic carbocycles. The number of ether oxygens (including phenoxy) is 1. The van der Waals surface area contributed by atoms with E-state index in [1.165, 1.54) is 6.07 Å². The van der Waals surface area contributed by atoms with Gasteiger partial charge in [-0.2, -0.15) is 0 Å². The van der Waals surface area contributed by atoms with Crippen LogP contribution in [0.15, 0.2) is 66.9 Å². The SMILES string of the molecule is COc1ccccc1CCNC(=O)c1ccnc(NCc2ccccc2F)c1. The van der Waals surface area contributed by atoms with Crippen molar-refractivity contribution in [1.29, 1.82) is 0 Å². The molecule has 2 N–H and O–H groups in total. The fourth-order valence-corrected chi connectivity index (χ4v) is 2.82. The van der Waals surface area contributed by atoms with E-state index in [1.807, 2.05) is 24.3 Å². The molecule has 5 nitrogen and oxygen atoms in total. The van der Waals surface area contributed by atoms with Gasteiger partial charge in [-0.3, -0.25) is 4.79 Å². The highest BCUT2D eigenvalue weighted by molar-refractivity contribution is 5.94. The minimum absolute atomic E-state index is 0.189. The molecule has 0 bridgehead atoms. The predicted octanol–water partition coefficient (Wildman–Crippen LogP) is 3.81. The lowest BCUT2D eigenvalue weighted by Gasteiger charge is -2.10. The van der Waals surface area contributed by atoms with Crippen LogP contribution in [0.3, 0.4) is 0 Å². The van der Waals surface area contributed by atoms with E-state index < -0.39 is 0 Å². The molecule has 1 heterocycles. The van der Waals surface area contributed by atoms with E-state index in [2.05, 4.69) is 15.6 Å². The molecule has 3 aromatic rings. The zero-order valence-electron chi connectivity index (χ0n) is 15.6. The average molecular weight is 379 g/mol. The molecule has 0 aliphatic rings. The second-order valence-corrected chi connectivity index (χ2v) is 6.19. The third-order valence-corrected chi connectivity index (χ3v) is 4.31. The first-order valence-corrected chi connectivity index (χ1v) is 9.01. The fourth-order valence-electron chi connectivity index (χ4n) is 2.82. The number of benzene rings is 2. The van der Waals surface area contributed by atoms with Gasteiger partial charge in [0.1, 0.15) is 17.4 Å². The molecular formula is C22H22FN3O2. The number of aromatic nitrogens is 1. The molecule has 0 spiro atoms. The lowest BCUT2D eigenvalue weighted by atomic mass is 10.1. The summed E-state index contributed by atoms with van der Waals surface area (Å²) in [7, 11) is 1.63. The Labute approximate surface area is 163 Å². The third kappa shape index (κ3) is 5.07. The van der Waals surface area contributed by atoms with Gasteiger partial charge in [-0.25, -0.2) is 9.37 Å². The van der Waals surface area contributed by atoms with Gasteiger partial charge in [0, 0.05) is 30.4 Å². The largest absolute Gasteiger partial charge is 0.496 e. The molecule has 6 heteroatoms. The highest BCUT2D eigenvalue weighted by atomic mass is 19.1. The number of carbonyl (C=O) groups is 1. The number of amides is 1. The van der Waals surface area contributed by atoms with Crippen LogP contribution in [0.4, 0.5) is 10.2 Å². The molecule has 0 aliphatic heterocycles. The van der Waals surface area contributed by atoms with Crippen LogP contribution in [-0.2, 0) is 13.0 Å². The number of anilines is 1. The van der Waals surface area contributed by atoms with Crippen LogP contribution in [-0.4, -0.2) is 24.5 Å². The van der Waals surface area contributed by atoms with Crippen molar-refractivity contribution >= 4 is 11.7 Å². The van der Waals surface area contributed by atoms with Crippen LogP contribution in [0, 0.1) is 5.82 Å². The summed E-state index contributed by atoms with van der Waals surface area (Å²) in [6.07, 6.45) is 2.22. The highest BCUT2D eigenvalue weighted by Crippen LogP contribution is 2.17. The van der Waals surface area contributed by atoms with E-state index >= 15 is 0 Å². The lowest BCUT2D eigenvalue weighted by Crippen LogP contribution is -2.26. The van der Waals surface area contributed by atoms with Gasteiger partial charge in [0.2, 0.25) is 0 Å². The Hall–Kier alpha value is -3.41. The van der Waals surface area contributed by atoms with Crippen LogP contribution in [0.1, 0.15) is 21.5 Å². The first-order valence-electron chi connectivity index (χ1n) is 9.01. The third-order valence-electron chi connectivity index (χ3n) is 4.31. The van der Waals surface area contributed by atoms with E-state index in [9.17, 15) is 9.18 Å². The number of para-hydroxylation sites is 1. The zero-order valence-corrected chi connectivity index (χ0v) is 15.6. The van der Waals surface area contributed by atoms with Gasteiger partial charge in [0.05, 0.1) is 7.11 Å². The van der Waals surface area contributed by atoms with Gasteiger partial charge in [0.25, 0.3) is 5.91 Å². The molecule has 144 valence electrons. The summed E-state index contributed by atoms with van der Waals surface area (Å²) in [4.78, 5) is 16.6. The van der Waals surface area contributed by atoms with Crippen LogP contribution in [0.25, 0.3) is 0 Å². The minimum atomic E-state index is -0.278. The monoisotopic (exact) mass is 379 g/mol. The molecule has 28 heavy (non-hydrogen) atoms. The number of methoxy groups -OCH3 is 1. The Morgan fingerprint density at radius 2 is 1.82 bits per heavy atom. The molecule has 0 fully saturated rings. The van der Waals surface area contributed by atoms with Crippen molar-refractivity contribution in [3.8, 4) is 5.75 Å². The van der Waals surface area contributed by atoms with Crippen molar-refractivity contribution in [2.45, 2.75) is 13.0 Å². The van der Waals surface area contributed by atoms with Gasteiger partial charge < -0.3 is 15.4 Å². The number of halogens is 1. The summed E-state index contributed by atoms with van der Waals surface area (Å²) in [6.45, 7) is 0.776.